The SMILES string of the molecule is CCn1ccnc1[C@H]1OCC[C@@H]1NC(=O)c1cncc(C)c1. The summed E-state index contributed by atoms with van der Waals surface area (Å²) < 4.78 is 7.84. The van der Waals surface area contributed by atoms with E-state index in [1.165, 1.54) is 0 Å². The normalized spacial score (nSPS) is 21.0. The third kappa shape index (κ3) is 2.87. The molecule has 0 unspecified atom stereocenters. The molecule has 1 N–H and O–H groups in total. The summed E-state index contributed by atoms with van der Waals surface area (Å²) in [6.07, 6.45) is 7.60. The molecule has 1 fully saturated rings. The molecule has 0 radical (unpaired) electrons. The molecule has 3 rings (SSSR count). The van der Waals surface area contributed by atoms with Crippen LogP contribution in [0.4, 0.5) is 0 Å². The Labute approximate surface area is 129 Å². The Morgan fingerprint density at radius 2 is 2.36 bits per heavy atom. The Morgan fingerprint density at radius 3 is 3.14 bits per heavy atom. The van der Waals surface area contributed by atoms with Crippen molar-refractivity contribution in [1.29, 1.82) is 0 Å². The molecule has 116 valence electrons. The number of aryl methyl sites for hydroxylation is 2. The van der Waals surface area contributed by atoms with E-state index in [4.69, 9.17) is 4.74 Å². The minimum atomic E-state index is -0.198. The summed E-state index contributed by atoms with van der Waals surface area (Å²) in [4.78, 5) is 20.8. The van der Waals surface area contributed by atoms with E-state index in [0.717, 1.165) is 24.4 Å². The number of hydrogen-bond donors (Lipinski definition) is 1. The predicted octanol–water partition coefficient (Wildman–Crippen LogP) is 1.87. The number of hydrogen-bond acceptors (Lipinski definition) is 4. The third-order valence-corrected chi connectivity index (χ3v) is 3.89. The van der Waals surface area contributed by atoms with Crippen molar-refractivity contribution >= 4 is 5.91 Å². The van der Waals surface area contributed by atoms with Crippen LogP contribution in [-0.2, 0) is 11.3 Å². The standard InChI is InChI=1S/C16H20N4O2/c1-3-20-6-5-18-15(20)14-13(4-7-22-14)19-16(21)12-8-11(2)9-17-10-12/h5-6,8-10,13-14H,3-4,7H2,1-2H3,(H,19,21)/t13-,14-/m0/s1. The molecule has 0 saturated carbocycles. The lowest BCUT2D eigenvalue weighted by Crippen LogP contribution is -2.37. The molecule has 0 bridgehead atoms. The van der Waals surface area contributed by atoms with Gasteiger partial charge in [0.2, 0.25) is 0 Å². The van der Waals surface area contributed by atoms with Gasteiger partial charge >= 0.3 is 0 Å². The lowest BCUT2D eigenvalue weighted by atomic mass is 10.1. The Kier molecular flexibility index (Phi) is 4.20. The zero-order valence-corrected chi connectivity index (χ0v) is 12.8. The summed E-state index contributed by atoms with van der Waals surface area (Å²) in [5.41, 5.74) is 1.54. The van der Waals surface area contributed by atoms with Gasteiger partial charge in [0, 0.05) is 37.9 Å². The first-order chi connectivity index (χ1) is 10.7. The molecule has 2 aromatic rings. The lowest BCUT2D eigenvalue weighted by molar-refractivity contribution is 0.0775. The second-order valence-corrected chi connectivity index (χ2v) is 5.48. The Bertz CT molecular complexity index is 668. The molecule has 2 aromatic heterocycles. The number of nitrogens with zero attached hydrogens (tertiary/aromatic N) is 3. The van der Waals surface area contributed by atoms with Crippen LogP contribution in [0.2, 0.25) is 0 Å². The molecule has 0 aromatic carbocycles. The average Bonchev–Trinajstić information content (AvgIpc) is 3.15. The zero-order chi connectivity index (χ0) is 15.5. The summed E-state index contributed by atoms with van der Waals surface area (Å²) in [6, 6.07) is 1.76. The molecule has 1 aliphatic heterocycles. The second-order valence-electron chi connectivity index (χ2n) is 5.48. The van der Waals surface area contributed by atoms with Gasteiger partial charge in [-0.1, -0.05) is 0 Å². The molecule has 22 heavy (non-hydrogen) atoms. The molecule has 6 heteroatoms. The van der Waals surface area contributed by atoms with E-state index in [2.05, 4.69) is 22.2 Å². The van der Waals surface area contributed by atoms with Crippen LogP contribution in [0.1, 0.15) is 41.2 Å². The molecular formula is C16H20N4O2. The number of pyridine rings is 1. The van der Waals surface area contributed by atoms with E-state index in [0.29, 0.717) is 12.2 Å². The fourth-order valence-electron chi connectivity index (χ4n) is 2.77. The number of carbonyl (C=O) groups is 1. The van der Waals surface area contributed by atoms with Crippen LogP contribution in [0.25, 0.3) is 0 Å². The molecule has 3 heterocycles. The van der Waals surface area contributed by atoms with Crippen LogP contribution in [0, 0.1) is 6.92 Å². The maximum Gasteiger partial charge on any atom is 0.253 e. The first-order valence-corrected chi connectivity index (χ1v) is 7.54. The second kappa shape index (κ2) is 6.27. The first kappa shape index (κ1) is 14.7. The van der Waals surface area contributed by atoms with Crippen molar-refractivity contribution in [2.75, 3.05) is 6.61 Å². The highest BCUT2D eigenvalue weighted by Crippen LogP contribution is 2.28. The topological polar surface area (TPSA) is 69.0 Å². The van der Waals surface area contributed by atoms with Gasteiger partial charge in [0.25, 0.3) is 5.91 Å². The van der Waals surface area contributed by atoms with Gasteiger partial charge < -0.3 is 14.6 Å². The fourth-order valence-corrected chi connectivity index (χ4v) is 2.77. The van der Waals surface area contributed by atoms with Crippen molar-refractivity contribution in [3.05, 3.63) is 47.8 Å². The highest BCUT2D eigenvalue weighted by atomic mass is 16.5. The van der Waals surface area contributed by atoms with E-state index in [-0.39, 0.29) is 18.1 Å². The van der Waals surface area contributed by atoms with Crippen LogP contribution in [0.5, 0.6) is 0 Å². The van der Waals surface area contributed by atoms with Gasteiger partial charge in [-0.15, -0.1) is 0 Å². The van der Waals surface area contributed by atoms with Crippen molar-refractivity contribution in [3.8, 4) is 0 Å². The van der Waals surface area contributed by atoms with Gasteiger partial charge in [-0.25, -0.2) is 4.98 Å². The molecule has 1 aliphatic rings. The smallest absolute Gasteiger partial charge is 0.253 e. The molecule has 2 atom stereocenters. The largest absolute Gasteiger partial charge is 0.368 e. The van der Waals surface area contributed by atoms with E-state index in [1.54, 1.807) is 18.6 Å². The van der Waals surface area contributed by atoms with Gasteiger partial charge in [-0.05, 0) is 31.9 Å². The average molecular weight is 300 g/mol. The molecule has 1 saturated heterocycles. The Morgan fingerprint density at radius 1 is 1.50 bits per heavy atom. The van der Waals surface area contributed by atoms with Crippen LogP contribution >= 0.6 is 0 Å². The van der Waals surface area contributed by atoms with Crippen molar-refractivity contribution in [1.82, 2.24) is 19.9 Å². The summed E-state index contributed by atoms with van der Waals surface area (Å²) in [5, 5.41) is 3.05. The number of amides is 1. The van der Waals surface area contributed by atoms with Crippen molar-refractivity contribution in [2.45, 2.75) is 39.0 Å². The van der Waals surface area contributed by atoms with Gasteiger partial charge in [0.05, 0.1) is 11.6 Å². The van der Waals surface area contributed by atoms with Gasteiger partial charge in [-0.3, -0.25) is 9.78 Å². The highest BCUT2D eigenvalue weighted by molar-refractivity contribution is 5.94. The van der Waals surface area contributed by atoms with E-state index in [9.17, 15) is 4.79 Å². The van der Waals surface area contributed by atoms with Crippen LogP contribution in [-0.4, -0.2) is 33.1 Å². The molecular weight excluding hydrogens is 280 g/mol. The molecule has 6 nitrogen and oxygen atoms in total. The van der Waals surface area contributed by atoms with Gasteiger partial charge in [0.15, 0.2) is 0 Å². The Hall–Kier alpha value is -2.21. The van der Waals surface area contributed by atoms with E-state index in [1.807, 2.05) is 23.8 Å². The summed E-state index contributed by atoms with van der Waals surface area (Å²) in [5.74, 6) is 0.749. The van der Waals surface area contributed by atoms with Crippen molar-refractivity contribution in [3.63, 3.8) is 0 Å². The van der Waals surface area contributed by atoms with Crippen molar-refractivity contribution < 1.29 is 9.53 Å². The van der Waals surface area contributed by atoms with Crippen LogP contribution in [0.15, 0.2) is 30.9 Å². The first-order valence-electron chi connectivity index (χ1n) is 7.54. The van der Waals surface area contributed by atoms with E-state index >= 15 is 0 Å². The number of imidazole rings is 1. The zero-order valence-electron chi connectivity index (χ0n) is 12.8. The summed E-state index contributed by atoms with van der Waals surface area (Å²) in [7, 11) is 0. The minimum absolute atomic E-state index is 0.0688. The number of rotatable bonds is 4. The number of nitrogens with one attached hydrogen (secondary N) is 1. The highest BCUT2D eigenvalue weighted by Gasteiger charge is 2.33. The number of ether oxygens (including phenoxy) is 1. The monoisotopic (exact) mass is 300 g/mol. The molecule has 1 amide bonds. The van der Waals surface area contributed by atoms with Crippen LogP contribution < -0.4 is 5.32 Å². The number of aromatic nitrogens is 3. The fraction of sp³-hybridized carbons (Fsp3) is 0.438. The quantitative estimate of drug-likeness (QED) is 0.936. The maximum absolute atomic E-state index is 12.4. The minimum Gasteiger partial charge on any atom is -0.368 e. The molecule has 0 spiro atoms. The summed E-state index contributed by atoms with van der Waals surface area (Å²) in [6.45, 7) is 5.44. The molecule has 0 aliphatic carbocycles. The van der Waals surface area contributed by atoms with Crippen molar-refractivity contribution in [2.24, 2.45) is 0 Å². The van der Waals surface area contributed by atoms with Crippen LogP contribution in [0.3, 0.4) is 0 Å². The van der Waals surface area contributed by atoms with Gasteiger partial charge in [-0.2, -0.15) is 0 Å². The van der Waals surface area contributed by atoms with E-state index < -0.39 is 0 Å². The Balaban J connectivity index is 1.75. The summed E-state index contributed by atoms with van der Waals surface area (Å²) >= 11 is 0. The van der Waals surface area contributed by atoms with Gasteiger partial charge in [0.1, 0.15) is 11.9 Å². The predicted molar refractivity (Wildman–Crippen MR) is 81.4 cm³/mol. The maximum atomic E-state index is 12.4. The number of carbonyl (C=O) groups excluding carboxylic acids is 1. The lowest BCUT2D eigenvalue weighted by Gasteiger charge is -2.20. The third-order valence-electron chi connectivity index (χ3n) is 3.89.